The summed E-state index contributed by atoms with van der Waals surface area (Å²) < 4.78 is 12.8. The van der Waals surface area contributed by atoms with Crippen molar-refractivity contribution in [1.29, 1.82) is 0 Å². The molecule has 88 valence electrons. The monoisotopic (exact) mass is 224 g/mol. The van der Waals surface area contributed by atoms with E-state index in [9.17, 15) is 9.50 Å². The molecule has 1 atom stereocenters. The Hall–Kier alpha value is -1.13. The molecule has 1 fully saturated rings. The van der Waals surface area contributed by atoms with E-state index in [1.54, 1.807) is 12.1 Å². The third-order valence-electron chi connectivity index (χ3n) is 3.38. The SMILES string of the molecule is CNC1(CO)CCN(c2ccc(F)cc2)C1. The zero-order valence-electron chi connectivity index (χ0n) is 9.41. The average Bonchev–Trinajstić information content (AvgIpc) is 2.75. The van der Waals surface area contributed by atoms with Gasteiger partial charge in [0, 0.05) is 18.8 Å². The summed E-state index contributed by atoms with van der Waals surface area (Å²) >= 11 is 0. The Balaban J connectivity index is 2.11. The molecule has 0 spiro atoms. The minimum absolute atomic E-state index is 0.126. The summed E-state index contributed by atoms with van der Waals surface area (Å²) in [5.41, 5.74) is 0.793. The standard InChI is InChI=1S/C12H17FN2O/c1-14-12(9-16)6-7-15(8-12)11-4-2-10(13)3-5-11/h2-5,14,16H,6-9H2,1H3. The third kappa shape index (κ3) is 2.03. The van der Waals surface area contributed by atoms with Crippen molar-refractivity contribution in [3.63, 3.8) is 0 Å². The Morgan fingerprint density at radius 1 is 1.44 bits per heavy atom. The van der Waals surface area contributed by atoms with Gasteiger partial charge in [-0.25, -0.2) is 4.39 Å². The summed E-state index contributed by atoms with van der Waals surface area (Å²) in [6.45, 7) is 1.76. The minimum atomic E-state index is -0.218. The van der Waals surface area contributed by atoms with E-state index in [-0.39, 0.29) is 18.0 Å². The first-order valence-corrected chi connectivity index (χ1v) is 5.49. The van der Waals surface area contributed by atoms with E-state index in [0.29, 0.717) is 0 Å². The molecule has 4 heteroatoms. The zero-order chi connectivity index (χ0) is 11.6. The molecule has 0 amide bonds. The van der Waals surface area contributed by atoms with Crippen LogP contribution in [0.2, 0.25) is 0 Å². The highest BCUT2D eigenvalue weighted by atomic mass is 19.1. The second-order valence-electron chi connectivity index (χ2n) is 4.34. The predicted octanol–water partition coefficient (Wildman–Crippen LogP) is 0.986. The van der Waals surface area contributed by atoms with Crippen molar-refractivity contribution in [2.45, 2.75) is 12.0 Å². The van der Waals surface area contributed by atoms with E-state index in [4.69, 9.17) is 0 Å². The number of aliphatic hydroxyl groups excluding tert-OH is 1. The molecule has 1 aliphatic rings. The molecule has 0 aliphatic carbocycles. The summed E-state index contributed by atoms with van der Waals surface area (Å²) in [4.78, 5) is 2.16. The Labute approximate surface area is 94.9 Å². The number of halogens is 1. The van der Waals surface area contributed by atoms with Crippen molar-refractivity contribution in [2.24, 2.45) is 0 Å². The van der Waals surface area contributed by atoms with Gasteiger partial charge in [0.1, 0.15) is 5.82 Å². The molecule has 1 aromatic rings. The molecule has 0 radical (unpaired) electrons. The van der Waals surface area contributed by atoms with E-state index < -0.39 is 0 Å². The number of rotatable bonds is 3. The molecule has 0 saturated carbocycles. The molecule has 3 nitrogen and oxygen atoms in total. The van der Waals surface area contributed by atoms with Crippen molar-refractivity contribution in [2.75, 3.05) is 31.6 Å². The van der Waals surface area contributed by atoms with Crippen LogP contribution < -0.4 is 10.2 Å². The van der Waals surface area contributed by atoms with E-state index in [0.717, 1.165) is 25.2 Å². The van der Waals surface area contributed by atoms with Gasteiger partial charge in [0.15, 0.2) is 0 Å². The number of hydrogen-bond acceptors (Lipinski definition) is 3. The van der Waals surface area contributed by atoms with Gasteiger partial charge < -0.3 is 15.3 Å². The molecule has 1 aromatic carbocycles. The Bertz CT molecular complexity index is 349. The van der Waals surface area contributed by atoms with E-state index in [1.165, 1.54) is 12.1 Å². The quantitative estimate of drug-likeness (QED) is 0.803. The van der Waals surface area contributed by atoms with E-state index >= 15 is 0 Å². The first-order chi connectivity index (χ1) is 7.69. The topological polar surface area (TPSA) is 35.5 Å². The number of anilines is 1. The highest BCUT2D eigenvalue weighted by Gasteiger charge is 2.36. The smallest absolute Gasteiger partial charge is 0.123 e. The average molecular weight is 224 g/mol. The molecule has 1 aliphatic heterocycles. The molecular weight excluding hydrogens is 207 g/mol. The van der Waals surface area contributed by atoms with E-state index in [2.05, 4.69) is 10.2 Å². The van der Waals surface area contributed by atoms with Gasteiger partial charge in [-0.05, 0) is 37.7 Å². The van der Waals surface area contributed by atoms with Crippen LogP contribution in [0.15, 0.2) is 24.3 Å². The van der Waals surface area contributed by atoms with Crippen molar-refractivity contribution >= 4 is 5.69 Å². The largest absolute Gasteiger partial charge is 0.394 e. The fraction of sp³-hybridized carbons (Fsp3) is 0.500. The zero-order valence-corrected chi connectivity index (χ0v) is 9.41. The van der Waals surface area contributed by atoms with Crippen LogP contribution in [0.4, 0.5) is 10.1 Å². The van der Waals surface area contributed by atoms with Gasteiger partial charge in [-0.15, -0.1) is 0 Å². The molecule has 0 bridgehead atoms. The van der Waals surface area contributed by atoms with Crippen molar-refractivity contribution in [3.8, 4) is 0 Å². The molecule has 16 heavy (non-hydrogen) atoms. The lowest BCUT2D eigenvalue weighted by molar-refractivity contribution is 0.184. The van der Waals surface area contributed by atoms with Crippen LogP contribution in [0.1, 0.15) is 6.42 Å². The number of nitrogens with zero attached hydrogens (tertiary/aromatic N) is 1. The summed E-state index contributed by atoms with van der Waals surface area (Å²) in [7, 11) is 1.87. The van der Waals surface area contributed by atoms with E-state index in [1.807, 2.05) is 7.05 Å². The van der Waals surface area contributed by atoms with Crippen molar-refractivity contribution < 1.29 is 9.50 Å². The van der Waals surface area contributed by atoms with Gasteiger partial charge in [-0.1, -0.05) is 0 Å². The number of likely N-dealkylation sites (N-methyl/N-ethyl adjacent to an activating group) is 1. The maximum Gasteiger partial charge on any atom is 0.123 e. The molecule has 2 rings (SSSR count). The van der Waals surface area contributed by atoms with Crippen molar-refractivity contribution in [1.82, 2.24) is 5.32 Å². The molecule has 1 heterocycles. The van der Waals surface area contributed by atoms with Gasteiger partial charge in [-0.2, -0.15) is 0 Å². The highest BCUT2D eigenvalue weighted by Crippen LogP contribution is 2.26. The lowest BCUT2D eigenvalue weighted by atomic mass is 10.0. The Morgan fingerprint density at radius 2 is 2.12 bits per heavy atom. The Kier molecular flexibility index (Phi) is 3.12. The second kappa shape index (κ2) is 4.39. The van der Waals surface area contributed by atoms with Crippen LogP contribution in [0.5, 0.6) is 0 Å². The fourth-order valence-corrected chi connectivity index (χ4v) is 2.16. The van der Waals surface area contributed by atoms with Crippen LogP contribution >= 0.6 is 0 Å². The molecule has 1 unspecified atom stereocenters. The van der Waals surface area contributed by atoms with Crippen LogP contribution in [-0.2, 0) is 0 Å². The molecule has 1 saturated heterocycles. The Morgan fingerprint density at radius 3 is 2.62 bits per heavy atom. The molecular formula is C12H17FN2O. The van der Waals surface area contributed by atoms with Crippen LogP contribution in [0.25, 0.3) is 0 Å². The fourth-order valence-electron chi connectivity index (χ4n) is 2.16. The maximum absolute atomic E-state index is 12.8. The predicted molar refractivity (Wildman–Crippen MR) is 62.1 cm³/mol. The van der Waals surface area contributed by atoms with Gasteiger partial charge in [0.25, 0.3) is 0 Å². The van der Waals surface area contributed by atoms with Crippen LogP contribution in [0.3, 0.4) is 0 Å². The van der Waals surface area contributed by atoms with Crippen LogP contribution in [-0.4, -0.2) is 37.4 Å². The van der Waals surface area contributed by atoms with Gasteiger partial charge in [0.2, 0.25) is 0 Å². The molecule has 0 aromatic heterocycles. The summed E-state index contributed by atoms with van der Waals surface area (Å²) in [5.74, 6) is -0.218. The number of nitrogens with one attached hydrogen (secondary N) is 1. The normalized spacial score (nSPS) is 25.1. The number of hydrogen-bond donors (Lipinski definition) is 2. The first kappa shape index (κ1) is 11.4. The second-order valence-corrected chi connectivity index (χ2v) is 4.34. The number of benzene rings is 1. The third-order valence-corrected chi connectivity index (χ3v) is 3.38. The summed E-state index contributed by atoms with van der Waals surface area (Å²) in [6.07, 6.45) is 0.900. The number of aliphatic hydroxyl groups is 1. The summed E-state index contributed by atoms with van der Waals surface area (Å²) in [5, 5.41) is 12.5. The molecule has 2 N–H and O–H groups in total. The minimum Gasteiger partial charge on any atom is -0.394 e. The van der Waals surface area contributed by atoms with Crippen LogP contribution in [0, 0.1) is 5.82 Å². The lowest BCUT2D eigenvalue weighted by Crippen LogP contribution is -2.48. The highest BCUT2D eigenvalue weighted by molar-refractivity contribution is 5.48. The van der Waals surface area contributed by atoms with Gasteiger partial charge in [0.05, 0.1) is 12.1 Å². The first-order valence-electron chi connectivity index (χ1n) is 5.49. The van der Waals surface area contributed by atoms with Crippen molar-refractivity contribution in [3.05, 3.63) is 30.1 Å². The lowest BCUT2D eigenvalue weighted by Gasteiger charge is -2.27. The summed E-state index contributed by atoms with van der Waals surface area (Å²) in [6, 6.07) is 6.48. The van der Waals surface area contributed by atoms with Gasteiger partial charge in [-0.3, -0.25) is 0 Å². The maximum atomic E-state index is 12.8. The van der Waals surface area contributed by atoms with Gasteiger partial charge >= 0.3 is 0 Å².